The van der Waals surface area contributed by atoms with E-state index in [-0.39, 0.29) is 23.1 Å². The summed E-state index contributed by atoms with van der Waals surface area (Å²) >= 11 is 0. The molecule has 0 aliphatic rings. The standard InChI is InChI=1S/C19H15F3N4O/c1-26(15-8-3-2-4-9-15)18(27)16-10-11-17(25-24-16)23-14-7-5-6-13(12-14)19(20,21)22/h2-12H,1H3,(H,23,25). The fourth-order valence-electron chi connectivity index (χ4n) is 2.37. The molecule has 1 amide bonds. The van der Waals surface area contributed by atoms with Crippen LogP contribution in [0.25, 0.3) is 0 Å². The molecular weight excluding hydrogens is 357 g/mol. The lowest BCUT2D eigenvalue weighted by Gasteiger charge is -2.16. The van der Waals surface area contributed by atoms with E-state index < -0.39 is 11.7 Å². The average Bonchev–Trinajstić information content (AvgIpc) is 2.68. The van der Waals surface area contributed by atoms with Gasteiger partial charge in [-0.25, -0.2) is 0 Å². The summed E-state index contributed by atoms with van der Waals surface area (Å²) in [5.74, 6) is -0.118. The molecule has 0 unspecified atom stereocenters. The number of halogens is 3. The van der Waals surface area contributed by atoms with Crippen molar-refractivity contribution in [2.45, 2.75) is 6.18 Å². The maximum Gasteiger partial charge on any atom is 0.416 e. The predicted octanol–water partition coefficient (Wildman–Crippen LogP) is 4.52. The minimum atomic E-state index is -4.43. The Bertz CT molecular complexity index is 928. The van der Waals surface area contributed by atoms with Gasteiger partial charge < -0.3 is 10.2 Å². The second-order valence-corrected chi connectivity index (χ2v) is 5.71. The van der Waals surface area contributed by atoms with Crippen LogP contribution in [0.2, 0.25) is 0 Å². The van der Waals surface area contributed by atoms with Gasteiger partial charge in [0.1, 0.15) is 0 Å². The molecule has 0 spiro atoms. The number of nitrogens with one attached hydrogen (secondary N) is 1. The van der Waals surface area contributed by atoms with Crippen molar-refractivity contribution in [3.05, 3.63) is 78.0 Å². The highest BCUT2D eigenvalue weighted by Gasteiger charge is 2.30. The number of alkyl halides is 3. The molecule has 0 aliphatic carbocycles. The quantitative estimate of drug-likeness (QED) is 0.732. The minimum Gasteiger partial charge on any atom is -0.339 e. The van der Waals surface area contributed by atoms with Crippen molar-refractivity contribution in [1.82, 2.24) is 10.2 Å². The zero-order valence-electron chi connectivity index (χ0n) is 14.2. The number of carbonyl (C=O) groups is 1. The fraction of sp³-hybridized carbons (Fsp3) is 0.105. The molecule has 8 heteroatoms. The first kappa shape index (κ1) is 18.4. The van der Waals surface area contributed by atoms with Crippen LogP contribution in [0, 0.1) is 0 Å². The van der Waals surface area contributed by atoms with E-state index in [2.05, 4.69) is 15.5 Å². The molecule has 0 bridgehead atoms. The summed E-state index contributed by atoms with van der Waals surface area (Å²) in [7, 11) is 1.62. The maximum absolute atomic E-state index is 12.8. The van der Waals surface area contributed by atoms with Gasteiger partial charge in [-0.2, -0.15) is 13.2 Å². The second kappa shape index (κ2) is 7.45. The van der Waals surface area contributed by atoms with Crippen molar-refractivity contribution in [3.63, 3.8) is 0 Å². The van der Waals surface area contributed by atoms with E-state index in [0.717, 1.165) is 12.1 Å². The van der Waals surface area contributed by atoms with E-state index in [4.69, 9.17) is 0 Å². The van der Waals surface area contributed by atoms with Crippen LogP contribution < -0.4 is 10.2 Å². The molecule has 2 aromatic carbocycles. The van der Waals surface area contributed by atoms with Crippen molar-refractivity contribution < 1.29 is 18.0 Å². The number of hydrogen-bond acceptors (Lipinski definition) is 4. The van der Waals surface area contributed by atoms with Crippen LogP contribution in [0.5, 0.6) is 0 Å². The Morgan fingerprint density at radius 2 is 1.70 bits per heavy atom. The van der Waals surface area contributed by atoms with Gasteiger partial charge in [-0.1, -0.05) is 24.3 Å². The van der Waals surface area contributed by atoms with E-state index in [1.54, 1.807) is 19.2 Å². The van der Waals surface area contributed by atoms with E-state index in [1.165, 1.54) is 29.2 Å². The van der Waals surface area contributed by atoms with Gasteiger partial charge in [0.2, 0.25) is 0 Å². The molecular formula is C19H15F3N4O. The van der Waals surface area contributed by atoms with Crippen LogP contribution in [0.15, 0.2) is 66.7 Å². The summed E-state index contributed by atoms with van der Waals surface area (Å²) in [4.78, 5) is 13.9. The highest BCUT2D eigenvalue weighted by Crippen LogP contribution is 2.31. The third kappa shape index (κ3) is 4.41. The Morgan fingerprint density at radius 1 is 0.963 bits per heavy atom. The van der Waals surface area contributed by atoms with Crippen molar-refractivity contribution in [1.29, 1.82) is 0 Å². The number of aromatic nitrogens is 2. The molecule has 0 atom stereocenters. The summed E-state index contributed by atoms with van der Waals surface area (Å²) in [5.41, 5.74) is 0.280. The Kier molecular flexibility index (Phi) is 5.07. The Labute approximate surface area is 153 Å². The molecule has 0 aliphatic heterocycles. The number of benzene rings is 2. The SMILES string of the molecule is CN(C(=O)c1ccc(Nc2cccc(C(F)(F)F)c2)nn1)c1ccccc1. The van der Waals surface area contributed by atoms with Crippen molar-refractivity contribution in [3.8, 4) is 0 Å². The van der Waals surface area contributed by atoms with Crippen LogP contribution in [0.4, 0.5) is 30.4 Å². The first-order chi connectivity index (χ1) is 12.8. The molecule has 1 N–H and O–H groups in total. The Balaban J connectivity index is 1.73. The largest absolute Gasteiger partial charge is 0.416 e. The summed E-state index contributed by atoms with van der Waals surface area (Å²) in [6.45, 7) is 0. The highest BCUT2D eigenvalue weighted by molar-refractivity contribution is 6.04. The van der Waals surface area contributed by atoms with E-state index in [1.807, 2.05) is 18.2 Å². The lowest BCUT2D eigenvalue weighted by atomic mass is 10.2. The van der Waals surface area contributed by atoms with Crippen LogP contribution in [-0.4, -0.2) is 23.2 Å². The van der Waals surface area contributed by atoms with Crippen molar-refractivity contribution in [2.75, 3.05) is 17.3 Å². The molecule has 1 heterocycles. The predicted molar refractivity (Wildman–Crippen MR) is 95.9 cm³/mol. The Morgan fingerprint density at radius 3 is 2.33 bits per heavy atom. The van der Waals surface area contributed by atoms with E-state index >= 15 is 0 Å². The molecule has 0 fully saturated rings. The van der Waals surface area contributed by atoms with Gasteiger partial charge >= 0.3 is 6.18 Å². The third-order valence-electron chi connectivity index (χ3n) is 3.79. The number of rotatable bonds is 4. The molecule has 0 saturated carbocycles. The second-order valence-electron chi connectivity index (χ2n) is 5.71. The summed E-state index contributed by atoms with van der Waals surface area (Å²) in [5, 5.41) is 10.5. The van der Waals surface area contributed by atoms with Gasteiger partial charge in [-0.05, 0) is 42.5 Å². The third-order valence-corrected chi connectivity index (χ3v) is 3.79. The Hall–Kier alpha value is -3.42. The normalized spacial score (nSPS) is 11.1. The molecule has 0 saturated heterocycles. The van der Waals surface area contributed by atoms with Crippen LogP contribution in [0.3, 0.4) is 0 Å². The van der Waals surface area contributed by atoms with E-state index in [9.17, 15) is 18.0 Å². The van der Waals surface area contributed by atoms with Gasteiger partial charge in [0.25, 0.3) is 5.91 Å². The summed E-state index contributed by atoms with van der Waals surface area (Å²) < 4.78 is 38.3. The highest BCUT2D eigenvalue weighted by atomic mass is 19.4. The van der Waals surface area contributed by atoms with Crippen molar-refractivity contribution in [2.24, 2.45) is 0 Å². The lowest BCUT2D eigenvalue weighted by Crippen LogP contribution is -2.27. The topological polar surface area (TPSA) is 58.1 Å². The van der Waals surface area contributed by atoms with Gasteiger partial charge in [0.15, 0.2) is 11.5 Å². The van der Waals surface area contributed by atoms with Gasteiger partial charge in [-0.15, -0.1) is 10.2 Å². The first-order valence-corrected chi connectivity index (χ1v) is 7.96. The summed E-state index contributed by atoms with van der Waals surface area (Å²) in [6.07, 6.45) is -4.43. The molecule has 138 valence electrons. The number of carbonyl (C=O) groups excluding carboxylic acids is 1. The van der Waals surface area contributed by atoms with Gasteiger partial charge in [-0.3, -0.25) is 4.79 Å². The smallest absolute Gasteiger partial charge is 0.339 e. The number of anilines is 3. The zero-order chi connectivity index (χ0) is 19.4. The van der Waals surface area contributed by atoms with Crippen LogP contribution in [-0.2, 0) is 6.18 Å². The van der Waals surface area contributed by atoms with Crippen LogP contribution in [0.1, 0.15) is 16.1 Å². The molecule has 0 radical (unpaired) electrons. The average molecular weight is 372 g/mol. The summed E-state index contributed by atoms with van der Waals surface area (Å²) in [6, 6.07) is 16.7. The lowest BCUT2D eigenvalue weighted by molar-refractivity contribution is -0.137. The number of para-hydroxylation sites is 1. The molecule has 27 heavy (non-hydrogen) atoms. The van der Waals surface area contributed by atoms with Gasteiger partial charge in [0, 0.05) is 18.4 Å². The number of nitrogens with zero attached hydrogens (tertiary/aromatic N) is 3. The van der Waals surface area contributed by atoms with Crippen LogP contribution >= 0.6 is 0 Å². The van der Waals surface area contributed by atoms with Crippen molar-refractivity contribution >= 4 is 23.1 Å². The maximum atomic E-state index is 12.8. The molecule has 3 rings (SSSR count). The molecule has 1 aromatic heterocycles. The first-order valence-electron chi connectivity index (χ1n) is 7.96. The number of hydrogen-bond donors (Lipinski definition) is 1. The molecule has 5 nitrogen and oxygen atoms in total. The van der Waals surface area contributed by atoms with E-state index in [0.29, 0.717) is 5.69 Å². The molecule has 3 aromatic rings. The minimum absolute atomic E-state index is 0.121. The number of amides is 1. The van der Waals surface area contributed by atoms with Gasteiger partial charge in [0.05, 0.1) is 5.56 Å². The zero-order valence-corrected chi connectivity index (χ0v) is 14.2. The fourth-order valence-corrected chi connectivity index (χ4v) is 2.37. The monoisotopic (exact) mass is 372 g/mol.